The van der Waals surface area contributed by atoms with Gasteiger partial charge in [0.25, 0.3) is 0 Å². The second kappa shape index (κ2) is 9.36. The maximum atomic E-state index is 12.6. The number of anilines is 1. The zero-order valence-corrected chi connectivity index (χ0v) is 16.0. The Morgan fingerprint density at radius 2 is 1.77 bits per heavy atom. The van der Waals surface area contributed by atoms with E-state index in [9.17, 15) is 14.4 Å². The number of rotatable bonds is 6. The van der Waals surface area contributed by atoms with Gasteiger partial charge in [-0.05, 0) is 38.3 Å². The predicted molar refractivity (Wildman–Crippen MR) is 102 cm³/mol. The van der Waals surface area contributed by atoms with Crippen molar-refractivity contribution in [1.82, 2.24) is 9.80 Å². The quantitative estimate of drug-likeness (QED) is 0.848. The lowest BCUT2D eigenvalue weighted by atomic mass is 9.95. The monoisotopic (exact) mass is 359 g/mol. The Kier molecular flexibility index (Phi) is 7.18. The van der Waals surface area contributed by atoms with Gasteiger partial charge in [-0.15, -0.1) is 0 Å². The number of carbonyl (C=O) groups is 3. The highest BCUT2D eigenvalue weighted by Gasteiger charge is 2.29. The van der Waals surface area contributed by atoms with Crippen LogP contribution in [0.4, 0.5) is 5.69 Å². The number of nitrogens with one attached hydrogen (secondary N) is 1. The summed E-state index contributed by atoms with van der Waals surface area (Å²) in [7, 11) is 1.66. The van der Waals surface area contributed by atoms with E-state index < -0.39 is 0 Å². The van der Waals surface area contributed by atoms with Gasteiger partial charge in [0.05, 0.1) is 6.54 Å². The third-order valence-corrected chi connectivity index (χ3v) is 4.75. The number of nitrogens with zero attached hydrogens (tertiary/aromatic N) is 2. The molecule has 1 aromatic carbocycles. The Hall–Kier alpha value is -2.37. The van der Waals surface area contributed by atoms with Crippen molar-refractivity contribution in [2.45, 2.75) is 39.5 Å². The summed E-state index contributed by atoms with van der Waals surface area (Å²) >= 11 is 0. The van der Waals surface area contributed by atoms with Crippen LogP contribution in [0.5, 0.6) is 0 Å². The largest absolute Gasteiger partial charge is 0.343 e. The highest BCUT2D eigenvalue weighted by Crippen LogP contribution is 2.20. The standard InChI is InChI=1S/C20H29N3O3/c1-4-5-19(25)23-12-10-16(11-13-23)20(26)22(3)14-18(24)21-17-8-6-15(2)7-9-17/h6-9,16H,4-5,10-14H2,1-3H3,(H,21,24). The topological polar surface area (TPSA) is 69.7 Å². The molecule has 0 aromatic heterocycles. The van der Waals surface area contributed by atoms with Crippen LogP contribution in [-0.2, 0) is 14.4 Å². The number of likely N-dealkylation sites (tertiary alicyclic amines) is 1. The van der Waals surface area contributed by atoms with Gasteiger partial charge in [-0.3, -0.25) is 14.4 Å². The van der Waals surface area contributed by atoms with Crippen molar-refractivity contribution in [1.29, 1.82) is 0 Å². The van der Waals surface area contributed by atoms with Gasteiger partial charge in [-0.25, -0.2) is 0 Å². The molecule has 6 nitrogen and oxygen atoms in total. The molecule has 3 amide bonds. The highest BCUT2D eigenvalue weighted by atomic mass is 16.2. The van der Waals surface area contributed by atoms with Crippen molar-refractivity contribution in [3.05, 3.63) is 29.8 Å². The third kappa shape index (κ3) is 5.58. The fourth-order valence-corrected chi connectivity index (χ4v) is 3.19. The molecule has 0 radical (unpaired) electrons. The molecule has 26 heavy (non-hydrogen) atoms. The second-order valence-corrected chi connectivity index (χ2v) is 7.01. The Labute approximate surface area is 155 Å². The number of amides is 3. The minimum absolute atomic E-state index is 0.0216. The summed E-state index contributed by atoms with van der Waals surface area (Å²) in [6.07, 6.45) is 2.74. The number of hydrogen-bond donors (Lipinski definition) is 1. The van der Waals surface area contributed by atoms with Gasteiger partial charge in [-0.2, -0.15) is 0 Å². The molecule has 1 saturated heterocycles. The summed E-state index contributed by atoms with van der Waals surface area (Å²) in [5.41, 5.74) is 1.85. The van der Waals surface area contributed by atoms with E-state index in [-0.39, 0.29) is 30.2 Å². The lowest BCUT2D eigenvalue weighted by Gasteiger charge is -2.33. The van der Waals surface area contributed by atoms with Crippen LogP contribution in [-0.4, -0.2) is 54.2 Å². The summed E-state index contributed by atoms with van der Waals surface area (Å²) in [6, 6.07) is 7.55. The van der Waals surface area contributed by atoms with Crippen molar-refractivity contribution in [2.75, 3.05) is 32.0 Å². The molecule has 142 valence electrons. The lowest BCUT2D eigenvalue weighted by molar-refractivity contribution is -0.141. The van der Waals surface area contributed by atoms with E-state index in [0.29, 0.717) is 32.4 Å². The number of carbonyl (C=O) groups excluding carboxylic acids is 3. The molecule has 1 N–H and O–H groups in total. The van der Waals surface area contributed by atoms with Gasteiger partial charge < -0.3 is 15.1 Å². The maximum Gasteiger partial charge on any atom is 0.243 e. The molecule has 0 unspecified atom stereocenters. The van der Waals surface area contributed by atoms with Crippen LogP contribution in [0.25, 0.3) is 0 Å². The van der Waals surface area contributed by atoms with Crippen molar-refractivity contribution >= 4 is 23.4 Å². The first-order chi connectivity index (χ1) is 12.4. The molecule has 0 aliphatic carbocycles. The lowest BCUT2D eigenvalue weighted by Crippen LogP contribution is -2.45. The SMILES string of the molecule is CCCC(=O)N1CCC(C(=O)N(C)CC(=O)Nc2ccc(C)cc2)CC1. The van der Waals surface area contributed by atoms with Gasteiger partial charge in [0.1, 0.15) is 0 Å². The molecule has 6 heteroatoms. The summed E-state index contributed by atoms with van der Waals surface area (Å²) < 4.78 is 0. The average molecular weight is 359 g/mol. The molecule has 0 bridgehead atoms. The minimum atomic E-state index is -0.208. The fourth-order valence-electron chi connectivity index (χ4n) is 3.19. The summed E-state index contributed by atoms with van der Waals surface area (Å²) in [4.78, 5) is 40.0. The maximum absolute atomic E-state index is 12.6. The molecule has 1 heterocycles. The fraction of sp³-hybridized carbons (Fsp3) is 0.550. The van der Waals surface area contributed by atoms with Crippen LogP contribution in [0.2, 0.25) is 0 Å². The first-order valence-corrected chi connectivity index (χ1v) is 9.30. The van der Waals surface area contributed by atoms with Crippen LogP contribution in [0.3, 0.4) is 0 Å². The molecule has 1 aliphatic rings. The predicted octanol–water partition coefficient (Wildman–Crippen LogP) is 2.43. The van der Waals surface area contributed by atoms with Gasteiger partial charge in [-0.1, -0.05) is 24.6 Å². The molecule has 1 aromatic rings. The van der Waals surface area contributed by atoms with E-state index >= 15 is 0 Å². The van der Waals surface area contributed by atoms with Gasteiger partial charge in [0, 0.05) is 38.2 Å². The van der Waals surface area contributed by atoms with Crippen molar-refractivity contribution < 1.29 is 14.4 Å². The second-order valence-electron chi connectivity index (χ2n) is 7.01. The zero-order chi connectivity index (χ0) is 19.1. The van der Waals surface area contributed by atoms with Gasteiger partial charge in [0.2, 0.25) is 17.7 Å². The molecule has 0 spiro atoms. The Morgan fingerprint density at radius 3 is 2.35 bits per heavy atom. The van der Waals surface area contributed by atoms with Crippen LogP contribution in [0, 0.1) is 12.8 Å². The molecule has 2 rings (SSSR count). The van der Waals surface area contributed by atoms with Crippen molar-refractivity contribution in [2.24, 2.45) is 5.92 Å². The van der Waals surface area contributed by atoms with E-state index in [1.54, 1.807) is 7.05 Å². The summed E-state index contributed by atoms with van der Waals surface area (Å²) in [5, 5.41) is 2.81. The third-order valence-electron chi connectivity index (χ3n) is 4.75. The van der Waals surface area contributed by atoms with E-state index in [2.05, 4.69) is 5.32 Å². The van der Waals surface area contributed by atoms with E-state index in [4.69, 9.17) is 0 Å². The molecule has 0 saturated carbocycles. The molecular weight excluding hydrogens is 330 g/mol. The van der Waals surface area contributed by atoms with Crippen molar-refractivity contribution in [3.8, 4) is 0 Å². The van der Waals surface area contributed by atoms with Gasteiger partial charge >= 0.3 is 0 Å². The van der Waals surface area contributed by atoms with Crippen molar-refractivity contribution in [3.63, 3.8) is 0 Å². The molecule has 0 atom stereocenters. The van der Waals surface area contributed by atoms with Crippen LogP contribution >= 0.6 is 0 Å². The van der Waals surface area contributed by atoms with Crippen LogP contribution < -0.4 is 5.32 Å². The van der Waals surface area contributed by atoms with Crippen LogP contribution in [0.1, 0.15) is 38.2 Å². The van der Waals surface area contributed by atoms with Crippen LogP contribution in [0.15, 0.2) is 24.3 Å². The first kappa shape index (κ1) is 19.9. The number of aryl methyl sites for hydroxylation is 1. The molecular formula is C20H29N3O3. The first-order valence-electron chi connectivity index (χ1n) is 9.30. The summed E-state index contributed by atoms with van der Waals surface area (Å²) in [6.45, 7) is 5.25. The zero-order valence-electron chi connectivity index (χ0n) is 16.0. The van der Waals surface area contributed by atoms with E-state index in [1.165, 1.54) is 4.90 Å². The van der Waals surface area contributed by atoms with E-state index in [0.717, 1.165) is 17.7 Å². The number of likely N-dealkylation sites (N-methyl/N-ethyl adjacent to an activating group) is 1. The normalized spacial score (nSPS) is 14.8. The number of hydrogen-bond acceptors (Lipinski definition) is 3. The number of piperidine rings is 1. The average Bonchev–Trinajstić information content (AvgIpc) is 2.63. The smallest absolute Gasteiger partial charge is 0.243 e. The molecule has 1 fully saturated rings. The van der Waals surface area contributed by atoms with Gasteiger partial charge in [0.15, 0.2) is 0 Å². The Balaban J connectivity index is 1.79. The Morgan fingerprint density at radius 1 is 1.15 bits per heavy atom. The Bertz CT molecular complexity index is 634. The number of benzene rings is 1. The highest BCUT2D eigenvalue weighted by molar-refractivity contribution is 5.94. The van der Waals surface area contributed by atoms with E-state index in [1.807, 2.05) is 43.0 Å². The minimum Gasteiger partial charge on any atom is -0.343 e. The summed E-state index contributed by atoms with van der Waals surface area (Å²) in [5.74, 6) is -0.172. The molecule has 1 aliphatic heterocycles.